The van der Waals surface area contributed by atoms with Gasteiger partial charge in [-0.2, -0.15) is 0 Å². The quantitative estimate of drug-likeness (QED) is 0.212. The zero-order chi connectivity index (χ0) is 21.0. The first-order valence-electron chi connectivity index (χ1n) is 10.2. The van der Waals surface area contributed by atoms with Gasteiger partial charge in [0.15, 0.2) is 5.75 Å². The SMILES string of the molecule is C=C(C)C(=O)Oc1ccc(C(C)(C)CCCCC)cc1-n1nc2ccccc2n1. The Morgan fingerprint density at radius 1 is 1.10 bits per heavy atom. The van der Waals surface area contributed by atoms with Gasteiger partial charge in [-0.15, -0.1) is 15.0 Å². The molecule has 1 heterocycles. The van der Waals surface area contributed by atoms with Gasteiger partial charge in [-0.3, -0.25) is 0 Å². The topological polar surface area (TPSA) is 57.0 Å². The van der Waals surface area contributed by atoms with Crippen LogP contribution in [-0.4, -0.2) is 21.0 Å². The van der Waals surface area contributed by atoms with Crippen molar-refractivity contribution in [3.63, 3.8) is 0 Å². The third-order valence-corrected chi connectivity index (χ3v) is 5.20. The molecule has 0 aliphatic heterocycles. The van der Waals surface area contributed by atoms with E-state index in [0.717, 1.165) is 17.5 Å². The maximum absolute atomic E-state index is 12.2. The van der Waals surface area contributed by atoms with Crippen molar-refractivity contribution in [3.05, 3.63) is 60.2 Å². The minimum atomic E-state index is -0.460. The van der Waals surface area contributed by atoms with E-state index in [1.807, 2.05) is 42.5 Å². The molecule has 0 aliphatic carbocycles. The number of carbonyl (C=O) groups is 1. The lowest BCUT2D eigenvalue weighted by Gasteiger charge is -2.26. The number of hydrogen-bond acceptors (Lipinski definition) is 4. The highest BCUT2D eigenvalue weighted by Crippen LogP contribution is 2.34. The fraction of sp³-hybridized carbons (Fsp3) is 0.375. The molecule has 0 unspecified atom stereocenters. The van der Waals surface area contributed by atoms with Crippen molar-refractivity contribution in [1.29, 1.82) is 0 Å². The molecular formula is C24H29N3O2. The Morgan fingerprint density at radius 3 is 2.34 bits per heavy atom. The molecule has 2 aromatic carbocycles. The minimum absolute atomic E-state index is 0.00656. The lowest BCUT2D eigenvalue weighted by molar-refractivity contribution is -0.130. The van der Waals surface area contributed by atoms with Crippen LogP contribution in [0.2, 0.25) is 0 Å². The van der Waals surface area contributed by atoms with Crippen LogP contribution in [0.1, 0.15) is 58.9 Å². The minimum Gasteiger partial charge on any atom is -0.421 e. The van der Waals surface area contributed by atoms with Crippen LogP contribution in [0.15, 0.2) is 54.6 Å². The number of fused-ring (bicyclic) bond motifs is 1. The van der Waals surface area contributed by atoms with Crippen LogP contribution < -0.4 is 4.74 Å². The van der Waals surface area contributed by atoms with E-state index in [1.165, 1.54) is 24.8 Å². The Labute approximate surface area is 172 Å². The second-order valence-corrected chi connectivity index (χ2v) is 8.17. The number of aromatic nitrogens is 3. The van der Waals surface area contributed by atoms with Crippen molar-refractivity contribution in [1.82, 2.24) is 15.0 Å². The third kappa shape index (κ3) is 4.73. The fourth-order valence-electron chi connectivity index (χ4n) is 3.30. The molecule has 29 heavy (non-hydrogen) atoms. The van der Waals surface area contributed by atoms with Crippen molar-refractivity contribution in [3.8, 4) is 11.4 Å². The molecule has 0 radical (unpaired) electrons. The summed E-state index contributed by atoms with van der Waals surface area (Å²) in [7, 11) is 0. The van der Waals surface area contributed by atoms with E-state index in [1.54, 1.807) is 11.7 Å². The molecule has 0 aliphatic rings. The smallest absolute Gasteiger partial charge is 0.338 e. The first-order chi connectivity index (χ1) is 13.8. The Balaban J connectivity index is 2.05. The van der Waals surface area contributed by atoms with E-state index in [-0.39, 0.29) is 5.41 Å². The second-order valence-electron chi connectivity index (χ2n) is 8.17. The third-order valence-electron chi connectivity index (χ3n) is 5.20. The van der Waals surface area contributed by atoms with Crippen molar-refractivity contribution >= 4 is 17.0 Å². The van der Waals surface area contributed by atoms with Crippen LogP contribution >= 0.6 is 0 Å². The van der Waals surface area contributed by atoms with Crippen LogP contribution in [0.3, 0.4) is 0 Å². The zero-order valence-corrected chi connectivity index (χ0v) is 17.7. The van der Waals surface area contributed by atoms with Crippen molar-refractivity contribution in [2.24, 2.45) is 0 Å². The summed E-state index contributed by atoms with van der Waals surface area (Å²) in [4.78, 5) is 13.7. The van der Waals surface area contributed by atoms with Crippen LogP contribution in [0, 0.1) is 0 Å². The number of hydrogen-bond donors (Lipinski definition) is 0. The van der Waals surface area contributed by atoms with Crippen LogP contribution in [0.4, 0.5) is 0 Å². The van der Waals surface area contributed by atoms with Crippen LogP contribution in [0.25, 0.3) is 16.7 Å². The lowest BCUT2D eigenvalue weighted by Crippen LogP contribution is -2.18. The van der Waals surface area contributed by atoms with Gasteiger partial charge in [0.25, 0.3) is 0 Å². The molecule has 3 rings (SSSR count). The maximum Gasteiger partial charge on any atom is 0.338 e. The van der Waals surface area contributed by atoms with Gasteiger partial charge in [0.1, 0.15) is 16.7 Å². The number of esters is 1. The Hall–Kier alpha value is -2.95. The molecule has 0 N–H and O–H groups in total. The molecule has 0 spiro atoms. The number of benzene rings is 2. The molecule has 152 valence electrons. The number of nitrogens with zero attached hydrogens (tertiary/aromatic N) is 3. The highest BCUT2D eigenvalue weighted by atomic mass is 16.5. The zero-order valence-electron chi connectivity index (χ0n) is 17.7. The predicted molar refractivity (Wildman–Crippen MR) is 116 cm³/mol. The van der Waals surface area contributed by atoms with Gasteiger partial charge in [0.2, 0.25) is 0 Å². The van der Waals surface area contributed by atoms with E-state index in [9.17, 15) is 4.79 Å². The molecule has 5 nitrogen and oxygen atoms in total. The number of unbranched alkanes of at least 4 members (excludes halogenated alkanes) is 2. The van der Waals surface area contributed by atoms with E-state index < -0.39 is 5.97 Å². The molecule has 5 heteroatoms. The van der Waals surface area contributed by atoms with Crippen molar-refractivity contribution < 1.29 is 9.53 Å². The molecule has 0 saturated heterocycles. The summed E-state index contributed by atoms with van der Waals surface area (Å²) in [6, 6.07) is 13.6. The molecule has 0 fully saturated rings. The van der Waals surface area contributed by atoms with Crippen LogP contribution in [0.5, 0.6) is 5.75 Å². The monoisotopic (exact) mass is 391 g/mol. The van der Waals surface area contributed by atoms with Crippen molar-refractivity contribution in [2.75, 3.05) is 0 Å². The van der Waals surface area contributed by atoms with E-state index in [2.05, 4.69) is 37.5 Å². The molecule has 0 bridgehead atoms. The number of rotatable bonds is 8. The molecule has 1 aromatic heterocycles. The largest absolute Gasteiger partial charge is 0.421 e. The van der Waals surface area contributed by atoms with Crippen LogP contribution in [-0.2, 0) is 10.2 Å². The van der Waals surface area contributed by atoms with E-state index in [4.69, 9.17) is 4.74 Å². The van der Waals surface area contributed by atoms with Gasteiger partial charge >= 0.3 is 5.97 Å². The van der Waals surface area contributed by atoms with E-state index >= 15 is 0 Å². The van der Waals surface area contributed by atoms with Gasteiger partial charge in [-0.25, -0.2) is 4.79 Å². The summed E-state index contributed by atoms with van der Waals surface area (Å²) in [5.74, 6) is -0.0377. The summed E-state index contributed by atoms with van der Waals surface area (Å²) < 4.78 is 5.58. The fourth-order valence-corrected chi connectivity index (χ4v) is 3.30. The van der Waals surface area contributed by atoms with E-state index in [0.29, 0.717) is 17.0 Å². The van der Waals surface area contributed by atoms with Crippen molar-refractivity contribution in [2.45, 2.75) is 58.8 Å². The van der Waals surface area contributed by atoms with Gasteiger partial charge in [0.05, 0.1) is 0 Å². The number of carbonyl (C=O) groups excluding carboxylic acids is 1. The summed E-state index contributed by atoms with van der Waals surface area (Å²) in [5, 5.41) is 9.17. The van der Waals surface area contributed by atoms with Gasteiger partial charge < -0.3 is 4.74 Å². The summed E-state index contributed by atoms with van der Waals surface area (Å²) in [6.45, 7) is 12.0. The molecule has 0 amide bonds. The molecule has 0 saturated carbocycles. The average Bonchev–Trinajstić information content (AvgIpc) is 3.12. The Kier molecular flexibility index (Phi) is 6.16. The average molecular weight is 392 g/mol. The van der Waals surface area contributed by atoms with Gasteiger partial charge in [-0.1, -0.05) is 64.8 Å². The van der Waals surface area contributed by atoms with Gasteiger partial charge in [0, 0.05) is 5.57 Å². The molecule has 0 atom stereocenters. The summed E-state index contributed by atoms with van der Waals surface area (Å²) in [5.41, 5.74) is 3.73. The Bertz CT molecular complexity index is 1000. The first-order valence-corrected chi connectivity index (χ1v) is 10.2. The highest BCUT2D eigenvalue weighted by molar-refractivity contribution is 5.89. The second kappa shape index (κ2) is 8.60. The normalized spacial score (nSPS) is 11.6. The lowest BCUT2D eigenvalue weighted by atomic mass is 9.80. The molecule has 3 aromatic rings. The Morgan fingerprint density at radius 2 is 1.76 bits per heavy atom. The first kappa shape index (κ1) is 20.8. The summed E-state index contributed by atoms with van der Waals surface area (Å²) in [6.07, 6.45) is 4.67. The maximum atomic E-state index is 12.2. The standard InChI is InChI=1S/C24H29N3O2/c1-6-7-10-15-24(4,5)18-13-14-22(29-23(28)17(2)3)21(16-18)27-25-19-11-8-9-12-20(19)26-27/h8-9,11-14,16H,2,6-7,10,15H2,1,3-5H3. The van der Waals surface area contributed by atoms with Gasteiger partial charge in [-0.05, 0) is 48.6 Å². The number of ether oxygens (including phenoxy) is 1. The predicted octanol–water partition coefficient (Wildman–Crippen LogP) is 5.76. The highest BCUT2D eigenvalue weighted by Gasteiger charge is 2.23. The molecular weight excluding hydrogens is 362 g/mol. The summed E-state index contributed by atoms with van der Waals surface area (Å²) >= 11 is 0.